The molecule has 0 aromatic heterocycles. The Balaban J connectivity index is 0.000000605. The molecule has 0 aromatic rings. The summed E-state index contributed by atoms with van der Waals surface area (Å²) in [5, 5.41) is 0. The number of carbonyl (C=O) groups is 1. The summed E-state index contributed by atoms with van der Waals surface area (Å²) in [7, 11) is 0. The van der Waals surface area contributed by atoms with Crippen LogP contribution in [0.15, 0.2) is 0 Å². The third-order valence-corrected chi connectivity index (χ3v) is 2.96. The van der Waals surface area contributed by atoms with Crippen LogP contribution in [0.2, 0.25) is 0 Å². The quantitative estimate of drug-likeness (QED) is 0.622. The Morgan fingerprint density at radius 1 is 1.55 bits per heavy atom. The van der Waals surface area contributed by atoms with Crippen molar-refractivity contribution < 1.29 is 25.9 Å². The molecule has 0 radical (unpaired) electrons. The molecule has 0 aliphatic heterocycles. The van der Waals surface area contributed by atoms with E-state index in [1.165, 1.54) is 6.42 Å². The molecule has 2 rings (SSSR count). The van der Waals surface area contributed by atoms with E-state index in [4.69, 9.17) is 0 Å². The van der Waals surface area contributed by atoms with Crippen LogP contribution >= 0.6 is 0 Å². The van der Waals surface area contributed by atoms with Crippen LogP contribution in [0.4, 0.5) is 0 Å². The molecule has 2 bridgehead atoms. The maximum atomic E-state index is 11.2. The van der Waals surface area contributed by atoms with Crippen molar-refractivity contribution in [1.29, 1.82) is 0 Å². The standard InChI is InChI=1S/C9H13O.W/c1-6-2-3-7-4-8(6)9(10)5-7;/h3,6-8H,2,4-5H2,1H3;/q-1;/t6-,7-,8+;/m0./s1. The Bertz CT molecular complexity index is 167. The fourth-order valence-corrected chi connectivity index (χ4v) is 2.25. The van der Waals surface area contributed by atoms with E-state index in [9.17, 15) is 4.79 Å². The molecule has 2 aliphatic carbocycles. The van der Waals surface area contributed by atoms with Crippen LogP contribution in [-0.4, -0.2) is 5.78 Å². The summed E-state index contributed by atoms with van der Waals surface area (Å²) in [5.41, 5.74) is 0. The molecule has 0 saturated heterocycles. The van der Waals surface area contributed by atoms with E-state index in [2.05, 4.69) is 13.3 Å². The second-order valence-electron chi connectivity index (χ2n) is 3.72. The van der Waals surface area contributed by atoms with Gasteiger partial charge in [0.05, 0.1) is 0 Å². The largest absolute Gasteiger partial charge is 0.325 e. The van der Waals surface area contributed by atoms with E-state index in [1.807, 2.05) is 0 Å². The molecular formula is C9H13OW-. The molecule has 0 unspecified atom stereocenters. The minimum Gasteiger partial charge on any atom is -0.325 e. The minimum absolute atomic E-state index is 0. The molecule has 0 N–H and O–H groups in total. The predicted octanol–water partition coefficient (Wildman–Crippen LogP) is 1.82. The first-order chi connectivity index (χ1) is 4.77. The van der Waals surface area contributed by atoms with Crippen molar-refractivity contribution in [3.63, 3.8) is 0 Å². The molecule has 2 aliphatic rings. The molecule has 2 heteroatoms. The summed E-state index contributed by atoms with van der Waals surface area (Å²) in [6.45, 7) is 2.20. The van der Waals surface area contributed by atoms with E-state index < -0.39 is 0 Å². The number of fused-ring (bicyclic) bond motifs is 2. The van der Waals surface area contributed by atoms with Gasteiger partial charge in [-0.3, -0.25) is 4.79 Å². The van der Waals surface area contributed by atoms with E-state index in [1.54, 1.807) is 0 Å². The second kappa shape index (κ2) is 3.39. The number of rotatable bonds is 0. The maximum Gasteiger partial charge on any atom is 0.133 e. The Hall–Kier alpha value is 0.358. The third-order valence-electron chi connectivity index (χ3n) is 2.96. The summed E-state index contributed by atoms with van der Waals surface area (Å²) in [6, 6.07) is 0. The molecule has 62 valence electrons. The second-order valence-corrected chi connectivity index (χ2v) is 3.72. The molecule has 0 spiro atoms. The van der Waals surface area contributed by atoms with Crippen molar-refractivity contribution in [3.05, 3.63) is 6.42 Å². The van der Waals surface area contributed by atoms with Crippen molar-refractivity contribution in [3.8, 4) is 0 Å². The molecule has 3 atom stereocenters. The summed E-state index contributed by atoms with van der Waals surface area (Å²) in [4.78, 5) is 11.2. The average Bonchev–Trinajstić information content (AvgIpc) is 2.21. The Morgan fingerprint density at radius 2 is 2.27 bits per heavy atom. The summed E-state index contributed by atoms with van der Waals surface area (Å²) in [5.74, 6) is 2.22. The van der Waals surface area contributed by atoms with Gasteiger partial charge < -0.3 is 6.42 Å². The first kappa shape index (κ1) is 9.45. The summed E-state index contributed by atoms with van der Waals surface area (Å²) < 4.78 is 0. The first-order valence-corrected chi connectivity index (χ1v) is 4.13. The van der Waals surface area contributed by atoms with Gasteiger partial charge in [0, 0.05) is 27.0 Å². The number of Topliss-reactive ketones (excluding diaryl/α,β-unsaturated/α-hetero) is 1. The topological polar surface area (TPSA) is 17.1 Å². The fourth-order valence-electron chi connectivity index (χ4n) is 2.25. The van der Waals surface area contributed by atoms with Gasteiger partial charge >= 0.3 is 0 Å². The van der Waals surface area contributed by atoms with Gasteiger partial charge in [0.25, 0.3) is 0 Å². The van der Waals surface area contributed by atoms with Crippen molar-refractivity contribution in [2.24, 2.45) is 17.8 Å². The first-order valence-electron chi connectivity index (χ1n) is 4.13. The monoisotopic (exact) mass is 321 g/mol. The molecular weight excluding hydrogens is 308 g/mol. The van der Waals surface area contributed by atoms with Crippen LogP contribution in [-0.2, 0) is 25.9 Å². The van der Waals surface area contributed by atoms with Gasteiger partial charge in [-0.1, -0.05) is 19.3 Å². The van der Waals surface area contributed by atoms with Crippen LogP contribution < -0.4 is 0 Å². The van der Waals surface area contributed by atoms with Crippen LogP contribution in [0.5, 0.6) is 0 Å². The zero-order chi connectivity index (χ0) is 7.14. The van der Waals surface area contributed by atoms with Gasteiger partial charge in [0.1, 0.15) is 5.78 Å². The fraction of sp³-hybridized carbons (Fsp3) is 0.778. The predicted molar refractivity (Wildman–Crippen MR) is 39.3 cm³/mol. The van der Waals surface area contributed by atoms with E-state index in [0.29, 0.717) is 23.5 Å². The average molecular weight is 321 g/mol. The molecule has 1 nitrogen and oxygen atoms in total. The molecule has 0 aromatic carbocycles. The van der Waals surface area contributed by atoms with Gasteiger partial charge in [0.15, 0.2) is 0 Å². The van der Waals surface area contributed by atoms with Gasteiger partial charge in [-0.05, 0) is 6.42 Å². The minimum atomic E-state index is 0. The van der Waals surface area contributed by atoms with Crippen LogP contribution in [0.25, 0.3) is 0 Å². The maximum absolute atomic E-state index is 11.2. The van der Waals surface area contributed by atoms with Crippen LogP contribution in [0.1, 0.15) is 26.2 Å². The van der Waals surface area contributed by atoms with Crippen molar-refractivity contribution >= 4 is 5.78 Å². The van der Waals surface area contributed by atoms with Gasteiger partial charge in [-0.15, -0.1) is 0 Å². The zero-order valence-electron chi connectivity index (χ0n) is 6.75. The molecule has 0 heterocycles. The Labute approximate surface area is 82.2 Å². The van der Waals surface area contributed by atoms with Crippen molar-refractivity contribution in [1.82, 2.24) is 0 Å². The Morgan fingerprint density at radius 3 is 2.91 bits per heavy atom. The normalized spacial score (nSPS) is 41.9. The van der Waals surface area contributed by atoms with Gasteiger partial charge in [-0.25, -0.2) is 0 Å². The smallest absolute Gasteiger partial charge is 0.133 e. The Kier molecular flexibility index (Phi) is 2.91. The van der Waals surface area contributed by atoms with Gasteiger partial charge in [0.2, 0.25) is 0 Å². The van der Waals surface area contributed by atoms with Crippen LogP contribution in [0.3, 0.4) is 0 Å². The van der Waals surface area contributed by atoms with Crippen molar-refractivity contribution in [2.45, 2.75) is 26.2 Å². The SMILES string of the molecule is C[C@H]1C[CH-][C@@H]2CC(=O)[C@@H]1C2.[W]. The van der Waals surface area contributed by atoms with E-state index in [0.717, 1.165) is 12.8 Å². The van der Waals surface area contributed by atoms with E-state index >= 15 is 0 Å². The zero-order valence-corrected chi connectivity index (χ0v) is 9.68. The van der Waals surface area contributed by atoms with Gasteiger partial charge in [-0.2, -0.15) is 12.3 Å². The molecule has 2 saturated carbocycles. The molecule has 2 fully saturated rings. The van der Waals surface area contributed by atoms with Crippen molar-refractivity contribution in [2.75, 3.05) is 0 Å². The van der Waals surface area contributed by atoms with E-state index in [-0.39, 0.29) is 21.1 Å². The molecule has 11 heavy (non-hydrogen) atoms. The molecule has 0 amide bonds. The number of hydrogen-bond acceptors (Lipinski definition) is 1. The number of ketones is 1. The number of carbonyl (C=O) groups excluding carboxylic acids is 1. The summed E-state index contributed by atoms with van der Waals surface area (Å²) >= 11 is 0. The summed E-state index contributed by atoms with van der Waals surface area (Å²) in [6.07, 6.45) is 5.50. The number of hydrogen-bond donors (Lipinski definition) is 0. The van der Waals surface area contributed by atoms with Crippen LogP contribution in [0, 0.1) is 24.2 Å². The third kappa shape index (κ3) is 1.59.